The summed E-state index contributed by atoms with van der Waals surface area (Å²) in [6.07, 6.45) is 0. The van der Waals surface area contributed by atoms with Gasteiger partial charge in [0.25, 0.3) is 0 Å². The summed E-state index contributed by atoms with van der Waals surface area (Å²) in [4.78, 5) is 2.46. The van der Waals surface area contributed by atoms with Gasteiger partial charge in [-0.1, -0.05) is 19.1 Å². The van der Waals surface area contributed by atoms with Crippen LogP contribution in [0.2, 0.25) is 0 Å². The Bertz CT molecular complexity index is 317. The molecule has 88 valence electrons. The molecule has 0 spiro atoms. The average molecular weight is 222 g/mol. The van der Waals surface area contributed by atoms with Gasteiger partial charge in [0, 0.05) is 32.7 Å². The zero-order valence-electron chi connectivity index (χ0n) is 9.75. The average Bonchev–Trinajstić information content (AvgIpc) is 2.31. The highest BCUT2D eigenvalue weighted by atomic mass is 19.1. The first-order chi connectivity index (χ1) is 7.75. The number of hydrogen-bond acceptors (Lipinski definition) is 2. The molecule has 1 aromatic carbocycles. The van der Waals surface area contributed by atoms with Crippen LogP contribution in [-0.4, -0.2) is 37.6 Å². The summed E-state index contributed by atoms with van der Waals surface area (Å²) >= 11 is 0. The van der Waals surface area contributed by atoms with Crippen LogP contribution in [0.4, 0.5) is 4.39 Å². The Labute approximate surface area is 96.5 Å². The van der Waals surface area contributed by atoms with Gasteiger partial charge in [-0.2, -0.15) is 0 Å². The van der Waals surface area contributed by atoms with Crippen LogP contribution in [0.1, 0.15) is 18.4 Å². The van der Waals surface area contributed by atoms with Crippen LogP contribution in [0.25, 0.3) is 0 Å². The molecule has 1 saturated heterocycles. The fraction of sp³-hybridized carbons (Fsp3) is 0.538. The molecule has 1 heterocycles. The molecule has 1 unspecified atom stereocenters. The van der Waals surface area contributed by atoms with E-state index in [1.165, 1.54) is 5.56 Å². The van der Waals surface area contributed by atoms with Crippen LogP contribution in [0, 0.1) is 5.82 Å². The van der Waals surface area contributed by atoms with E-state index in [-0.39, 0.29) is 5.82 Å². The standard InChI is InChI=1S/C13H19FN2/c1-11(10-16-8-6-15-7-9-16)12-2-4-13(14)5-3-12/h2-5,11,15H,6-10H2,1H3. The van der Waals surface area contributed by atoms with Gasteiger partial charge in [0.2, 0.25) is 0 Å². The number of piperazine rings is 1. The van der Waals surface area contributed by atoms with E-state index in [0.29, 0.717) is 5.92 Å². The molecule has 2 rings (SSSR count). The lowest BCUT2D eigenvalue weighted by Crippen LogP contribution is -2.44. The maximum absolute atomic E-state index is 12.8. The fourth-order valence-corrected chi connectivity index (χ4v) is 2.18. The monoisotopic (exact) mass is 222 g/mol. The second-order valence-corrected chi connectivity index (χ2v) is 4.50. The first kappa shape index (κ1) is 11.6. The molecular formula is C13H19FN2. The highest BCUT2D eigenvalue weighted by Gasteiger charge is 2.14. The molecule has 0 amide bonds. The number of nitrogens with one attached hydrogen (secondary N) is 1. The second-order valence-electron chi connectivity index (χ2n) is 4.50. The van der Waals surface area contributed by atoms with Crippen LogP contribution in [0.5, 0.6) is 0 Å². The predicted molar refractivity (Wildman–Crippen MR) is 64.1 cm³/mol. The maximum atomic E-state index is 12.8. The molecule has 1 N–H and O–H groups in total. The van der Waals surface area contributed by atoms with E-state index < -0.39 is 0 Å². The van der Waals surface area contributed by atoms with Gasteiger partial charge in [0.1, 0.15) is 5.82 Å². The van der Waals surface area contributed by atoms with Gasteiger partial charge in [-0.25, -0.2) is 4.39 Å². The molecule has 0 aliphatic carbocycles. The lowest BCUT2D eigenvalue weighted by Gasteiger charge is -2.29. The van der Waals surface area contributed by atoms with Crippen molar-refractivity contribution in [3.63, 3.8) is 0 Å². The minimum Gasteiger partial charge on any atom is -0.314 e. The molecule has 1 aliphatic rings. The first-order valence-electron chi connectivity index (χ1n) is 5.94. The van der Waals surface area contributed by atoms with Crippen LogP contribution in [-0.2, 0) is 0 Å². The minimum absolute atomic E-state index is 0.155. The summed E-state index contributed by atoms with van der Waals surface area (Å²) in [5.74, 6) is 0.317. The number of hydrogen-bond donors (Lipinski definition) is 1. The maximum Gasteiger partial charge on any atom is 0.123 e. The topological polar surface area (TPSA) is 15.3 Å². The molecule has 0 saturated carbocycles. The van der Waals surface area contributed by atoms with Gasteiger partial charge in [-0.15, -0.1) is 0 Å². The lowest BCUT2D eigenvalue weighted by molar-refractivity contribution is 0.230. The lowest BCUT2D eigenvalue weighted by atomic mass is 10.0. The molecule has 3 heteroatoms. The van der Waals surface area contributed by atoms with Crippen LogP contribution in [0.3, 0.4) is 0 Å². The summed E-state index contributed by atoms with van der Waals surface area (Å²) in [5, 5.41) is 3.34. The highest BCUT2D eigenvalue weighted by Crippen LogP contribution is 2.17. The van der Waals surface area contributed by atoms with E-state index >= 15 is 0 Å². The Morgan fingerprint density at radius 1 is 1.25 bits per heavy atom. The molecule has 16 heavy (non-hydrogen) atoms. The molecular weight excluding hydrogens is 203 g/mol. The van der Waals surface area contributed by atoms with E-state index in [0.717, 1.165) is 32.7 Å². The van der Waals surface area contributed by atoms with Crippen molar-refractivity contribution in [3.05, 3.63) is 35.6 Å². The first-order valence-corrected chi connectivity index (χ1v) is 5.94. The Morgan fingerprint density at radius 3 is 2.50 bits per heavy atom. The second kappa shape index (κ2) is 5.41. The van der Waals surface area contributed by atoms with Crippen LogP contribution < -0.4 is 5.32 Å². The van der Waals surface area contributed by atoms with E-state index in [1.807, 2.05) is 12.1 Å². The van der Waals surface area contributed by atoms with Crippen molar-refractivity contribution in [1.82, 2.24) is 10.2 Å². The largest absolute Gasteiger partial charge is 0.314 e. The quantitative estimate of drug-likeness (QED) is 0.839. The normalized spacial score (nSPS) is 19.6. The SMILES string of the molecule is CC(CN1CCNCC1)c1ccc(F)cc1. The van der Waals surface area contributed by atoms with Gasteiger partial charge in [-0.05, 0) is 23.6 Å². The van der Waals surface area contributed by atoms with Crippen molar-refractivity contribution in [2.24, 2.45) is 0 Å². The third-order valence-corrected chi connectivity index (χ3v) is 3.18. The van der Waals surface area contributed by atoms with Crippen molar-refractivity contribution >= 4 is 0 Å². The molecule has 1 fully saturated rings. The molecule has 0 radical (unpaired) electrons. The molecule has 1 aliphatic heterocycles. The summed E-state index contributed by atoms with van der Waals surface area (Å²) < 4.78 is 12.8. The van der Waals surface area contributed by atoms with Gasteiger partial charge < -0.3 is 10.2 Å². The van der Waals surface area contributed by atoms with Crippen molar-refractivity contribution in [2.75, 3.05) is 32.7 Å². The zero-order valence-corrected chi connectivity index (χ0v) is 9.75. The molecule has 1 atom stereocenters. The molecule has 1 aromatic rings. The third-order valence-electron chi connectivity index (χ3n) is 3.18. The Balaban J connectivity index is 1.91. The van der Waals surface area contributed by atoms with Crippen molar-refractivity contribution in [1.29, 1.82) is 0 Å². The minimum atomic E-state index is -0.155. The van der Waals surface area contributed by atoms with E-state index in [2.05, 4.69) is 17.1 Å². The molecule has 0 aromatic heterocycles. The molecule has 0 bridgehead atoms. The van der Waals surface area contributed by atoms with E-state index in [4.69, 9.17) is 0 Å². The van der Waals surface area contributed by atoms with Gasteiger partial charge in [-0.3, -0.25) is 0 Å². The number of nitrogens with zero attached hydrogens (tertiary/aromatic N) is 1. The highest BCUT2D eigenvalue weighted by molar-refractivity contribution is 5.20. The van der Waals surface area contributed by atoms with Crippen LogP contribution in [0.15, 0.2) is 24.3 Å². The Hall–Kier alpha value is -0.930. The predicted octanol–water partition coefficient (Wildman–Crippen LogP) is 1.83. The summed E-state index contributed by atoms with van der Waals surface area (Å²) in [6, 6.07) is 6.87. The van der Waals surface area contributed by atoms with Crippen molar-refractivity contribution in [2.45, 2.75) is 12.8 Å². The molecule has 2 nitrogen and oxygen atoms in total. The smallest absolute Gasteiger partial charge is 0.123 e. The zero-order chi connectivity index (χ0) is 11.4. The fourth-order valence-electron chi connectivity index (χ4n) is 2.18. The Kier molecular flexibility index (Phi) is 3.91. The van der Waals surface area contributed by atoms with E-state index in [9.17, 15) is 4.39 Å². The summed E-state index contributed by atoms with van der Waals surface area (Å²) in [6.45, 7) is 7.66. The van der Waals surface area contributed by atoms with Crippen molar-refractivity contribution < 1.29 is 4.39 Å². The van der Waals surface area contributed by atoms with E-state index in [1.54, 1.807) is 12.1 Å². The number of halogens is 1. The summed E-state index contributed by atoms with van der Waals surface area (Å²) in [5.41, 5.74) is 1.22. The Morgan fingerprint density at radius 2 is 1.88 bits per heavy atom. The van der Waals surface area contributed by atoms with Crippen LogP contribution >= 0.6 is 0 Å². The van der Waals surface area contributed by atoms with Gasteiger partial charge >= 0.3 is 0 Å². The number of rotatable bonds is 3. The number of benzene rings is 1. The van der Waals surface area contributed by atoms with Gasteiger partial charge in [0.05, 0.1) is 0 Å². The van der Waals surface area contributed by atoms with Gasteiger partial charge in [0.15, 0.2) is 0 Å². The third kappa shape index (κ3) is 3.03. The van der Waals surface area contributed by atoms with Crippen molar-refractivity contribution in [3.8, 4) is 0 Å². The summed E-state index contributed by atoms with van der Waals surface area (Å²) in [7, 11) is 0.